The number of sulfonamides is 1. The fourth-order valence-electron chi connectivity index (χ4n) is 3.09. The molecule has 156 valence electrons. The summed E-state index contributed by atoms with van der Waals surface area (Å²) in [6, 6.07) is 7.54. The molecule has 0 radical (unpaired) electrons. The number of rotatable bonds is 5. The third-order valence-electron chi connectivity index (χ3n) is 4.66. The molecular weight excluding hydrogens is 428 g/mol. The van der Waals surface area contributed by atoms with Crippen molar-refractivity contribution >= 4 is 38.2 Å². The number of amides is 1. The van der Waals surface area contributed by atoms with E-state index >= 15 is 0 Å². The second-order valence-electron chi connectivity index (χ2n) is 6.84. The summed E-state index contributed by atoms with van der Waals surface area (Å²) in [4.78, 5) is 29.1. The Labute approximate surface area is 176 Å². The van der Waals surface area contributed by atoms with E-state index in [1.807, 2.05) is 0 Å². The summed E-state index contributed by atoms with van der Waals surface area (Å²) in [5.74, 6) is -0.116. The van der Waals surface area contributed by atoms with E-state index in [1.165, 1.54) is 40.8 Å². The molecule has 0 saturated heterocycles. The van der Waals surface area contributed by atoms with Crippen molar-refractivity contribution in [3.63, 3.8) is 0 Å². The first kappa shape index (κ1) is 20.4. The van der Waals surface area contributed by atoms with Gasteiger partial charge in [-0.25, -0.2) is 13.4 Å². The molecule has 3 aromatic rings. The lowest BCUT2D eigenvalue weighted by atomic mass is 10.2. The van der Waals surface area contributed by atoms with E-state index in [0.29, 0.717) is 22.9 Å². The second kappa shape index (κ2) is 7.74. The summed E-state index contributed by atoms with van der Waals surface area (Å²) >= 11 is 1.23. The topological polar surface area (TPSA) is 122 Å². The predicted octanol–water partition coefficient (Wildman–Crippen LogP) is 2.64. The Bertz CT molecular complexity index is 1250. The number of benzene rings is 1. The van der Waals surface area contributed by atoms with Gasteiger partial charge in [-0.15, -0.1) is 11.3 Å². The van der Waals surface area contributed by atoms with Gasteiger partial charge in [-0.05, 0) is 26.0 Å². The van der Waals surface area contributed by atoms with Gasteiger partial charge in [0.25, 0.3) is 5.91 Å². The first-order chi connectivity index (χ1) is 14.2. The molecule has 0 aliphatic carbocycles. The molecule has 3 heterocycles. The van der Waals surface area contributed by atoms with Crippen LogP contribution in [-0.2, 0) is 23.0 Å². The van der Waals surface area contributed by atoms with Gasteiger partial charge in [0.2, 0.25) is 10.0 Å². The maximum absolute atomic E-state index is 13.1. The molecule has 0 atom stereocenters. The zero-order valence-electron chi connectivity index (χ0n) is 16.2. The van der Waals surface area contributed by atoms with Crippen LogP contribution in [0.3, 0.4) is 0 Å². The van der Waals surface area contributed by atoms with Gasteiger partial charge in [0.15, 0.2) is 16.6 Å². The van der Waals surface area contributed by atoms with E-state index in [9.17, 15) is 18.0 Å². The molecule has 1 aromatic carbocycles. The Morgan fingerprint density at radius 1 is 1.27 bits per heavy atom. The van der Waals surface area contributed by atoms with Crippen LogP contribution in [0.15, 0.2) is 39.8 Å². The van der Waals surface area contributed by atoms with Crippen LogP contribution in [0, 0.1) is 6.92 Å². The molecule has 9 nitrogen and oxygen atoms in total. The Balaban J connectivity index is 1.53. The maximum atomic E-state index is 13.1. The number of thiazole rings is 1. The lowest BCUT2D eigenvalue weighted by Gasteiger charge is -2.25. The number of hydrogen-bond donors (Lipinski definition) is 1. The molecule has 30 heavy (non-hydrogen) atoms. The third-order valence-corrected chi connectivity index (χ3v) is 7.49. The van der Waals surface area contributed by atoms with Crippen LogP contribution in [0.25, 0.3) is 0 Å². The van der Waals surface area contributed by atoms with Gasteiger partial charge in [0, 0.05) is 29.5 Å². The van der Waals surface area contributed by atoms with Crippen molar-refractivity contribution in [2.45, 2.75) is 31.7 Å². The molecule has 2 aromatic heterocycles. The van der Waals surface area contributed by atoms with Crippen molar-refractivity contribution in [3.05, 3.63) is 57.9 Å². The normalized spacial score (nSPS) is 14.3. The maximum Gasteiger partial charge on any atom is 0.279 e. The van der Waals surface area contributed by atoms with Gasteiger partial charge in [-0.2, -0.15) is 4.31 Å². The monoisotopic (exact) mass is 446 g/mol. The number of Topliss-reactive ketones (excluding diaryl/α,β-unsaturated/α-hetero) is 1. The molecular formula is C19H18N4O5S2. The third kappa shape index (κ3) is 3.91. The first-order valence-electron chi connectivity index (χ1n) is 9.08. The summed E-state index contributed by atoms with van der Waals surface area (Å²) in [6.07, 6.45) is 0.427. The minimum atomic E-state index is -3.76. The van der Waals surface area contributed by atoms with Crippen LogP contribution in [0.4, 0.5) is 5.13 Å². The SMILES string of the molecule is CC(=O)c1cccc(S(=O)(=O)N2CCc3nc(NC(=O)c4cc(C)on4)sc3C2)c1. The standard InChI is InChI=1S/C19H18N4O5S2/c1-11-8-16(22-28-11)18(25)21-19-20-15-6-7-23(10-17(15)29-19)30(26,27)14-5-3-4-13(9-14)12(2)24/h3-5,8-9H,6-7,10H2,1-2H3,(H,20,21,25). The highest BCUT2D eigenvalue weighted by molar-refractivity contribution is 7.89. The summed E-state index contributed by atoms with van der Waals surface area (Å²) < 4.78 is 32.4. The number of ketones is 1. The number of hydrogen-bond acceptors (Lipinski definition) is 8. The van der Waals surface area contributed by atoms with Crippen LogP contribution < -0.4 is 5.32 Å². The molecule has 0 unspecified atom stereocenters. The molecule has 0 spiro atoms. The molecule has 0 saturated carbocycles. The van der Waals surface area contributed by atoms with Crippen molar-refractivity contribution in [1.82, 2.24) is 14.4 Å². The van der Waals surface area contributed by atoms with E-state index in [-0.39, 0.29) is 29.5 Å². The molecule has 11 heteroatoms. The van der Waals surface area contributed by atoms with Crippen molar-refractivity contribution < 1.29 is 22.5 Å². The fraction of sp³-hybridized carbons (Fsp3) is 0.263. The average Bonchev–Trinajstić information content (AvgIpc) is 3.32. The minimum Gasteiger partial charge on any atom is -0.361 e. The molecule has 0 bridgehead atoms. The van der Waals surface area contributed by atoms with E-state index < -0.39 is 15.9 Å². The number of anilines is 1. The highest BCUT2D eigenvalue weighted by Crippen LogP contribution is 2.31. The number of carbonyl (C=O) groups is 2. The summed E-state index contributed by atoms with van der Waals surface area (Å²) in [5, 5.41) is 6.72. The molecule has 0 fully saturated rings. The minimum absolute atomic E-state index is 0.0816. The van der Waals surface area contributed by atoms with E-state index in [2.05, 4.69) is 15.5 Å². The molecule has 1 N–H and O–H groups in total. The van der Waals surface area contributed by atoms with Crippen LogP contribution >= 0.6 is 11.3 Å². The summed E-state index contributed by atoms with van der Waals surface area (Å²) in [5.41, 5.74) is 1.26. The predicted molar refractivity (Wildman–Crippen MR) is 109 cm³/mol. The molecule has 4 rings (SSSR count). The quantitative estimate of drug-likeness (QED) is 0.598. The number of aryl methyl sites for hydroxylation is 1. The van der Waals surface area contributed by atoms with Crippen molar-refractivity contribution in [2.24, 2.45) is 0 Å². The number of carbonyl (C=O) groups excluding carboxylic acids is 2. The van der Waals surface area contributed by atoms with Crippen LogP contribution in [0.2, 0.25) is 0 Å². The van der Waals surface area contributed by atoms with E-state index in [1.54, 1.807) is 19.1 Å². The van der Waals surface area contributed by atoms with Crippen molar-refractivity contribution in [2.75, 3.05) is 11.9 Å². The van der Waals surface area contributed by atoms with Crippen molar-refractivity contribution in [1.29, 1.82) is 0 Å². The Morgan fingerprint density at radius 2 is 2.07 bits per heavy atom. The van der Waals surface area contributed by atoms with Gasteiger partial charge in [0.1, 0.15) is 5.76 Å². The number of nitrogens with zero attached hydrogens (tertiary/aromatic N) is 3. The second-order valence-corrected chi connectivity index (χ2v) is 9.86. The van der Waals surface area contributed by atoms with Gasteiger partial charge in [0.05, 0.1) is 17.1 Å². The van der Waals surface area contributed by atoms with E-state index in [4.69, 9.17) is 4.52 Å². The lowest BCUT2D eigenvalue weighted by molar-refractivity contribution is 0.100. The van der Waals surface area contributed by atoms with E-state index in [0.717, 1.165) is 10.6 Å². The van der Waals surface area contributed by atoms with Gasteiger partial charge in [-0.1, -0.05) is 17.3 Å². The van der Waals surface area contributed by atoms with Gasteiger partial charge >= 0.3 is 0 Å². The zero-order chi connectivity index (χ0) is 21.5. The molecule has 1 aliphatic rings. The average molecular weight is 447 g/mol. The zero-order valence-corrected chi connectivity index (χ0v) is 17.8. The Hall–Kier alpha value is -2.89. The molecule has 1 amide bonds. The Morgan fingerprint density at radius 3 is 2.77 bits per heavy atom. The lowest BCUT2D eigenvalue weighted by Crippen LogP contribution is -2.35. The Kier molecular flexibility index (Phi) is 5.26. The highest BCUT2D eigenvalue weighted by Gasteiger charge is 2.31. The van der Waals surface area contributed by atoms with Gasteiger partial charge < -0.3 is 4.52 Å². The summed E-state index contributed by atoms with van der Waals surface area (Å²) in [7, 11) is -3.76. The van der Waals surface area contributed by atoms with Crippen LogP contribution in [0.5, 0.6) is 0 Å². The highest BCUT2D eigenvalue weighted by atomic mass is 32.2. The number of aromatic nitrogens is 2. The smallest absolute Gasteiger partial charge is 0.279 e. The number of nitrogens with one attached hydrogen (secondary N) is 1. The largest absolute Gasteiger partial charge is 0.361 e. The van der Waals surface area contributed by atoms with Crippen LogP contribution in [0.1, 0.15) is 44.1 Å². The fourth-order valence-corrected chi connectivity index (χ4v) is 5.65. The van der Waals surface area contributed by atoms with Crippen LogP contribution in [-0.4, -0.2) is 41.1 Å². The molecule has 1 aliphatic heterocycles. The van der Waals surface area contributed by atoms with Crippen molar-refractivity contribution in [3.8, 4) is 0 Å². The first-order valence-corrected chi connectivity index (χ1v) is 11.3. The van der Waals surface area contributed by atoms with Gasteiger partial charge in [-0.3, -0.25) is 14.9 Å². The number of fused-ring (bicyclic) bond motifs is 1. The summed E-state index contributed by atoms with van der Waals surface area (Å²) in [6.45, 7) is 3.50.